The number of rotatable bonds is 4. The van der Waals surface area contributed by atoms with Crippen molar-refractivity contribution in [1.82, 2.24) is 34.5 Å². The van der Waals surface area contributed by atoms with Gasteiger partial charge >= 0.3 is 0 Å². The van der Waals surface area contributed by atoms with Crippen LogP contribution >= 0.6 is 23.2 Å². The number of carbonyl (C=O) groups is 1. The Bertz CT molecular complexity index is 1980. The fraction of sp³-hybridized carbons (Fsp3) is 0.214. The third-order valence-electron chi connectivity index (χ3n) is 8.07. The van der Waals surface area contributed by atoms with E-state index in [4.69, 9.17) is 28.2 Å². The molecule has 3 atom stereocenters. The molecule has 0 bridgehead atoms. The molecule has 1 fully saturated rings. The zero-order valence-electron chi connectivity index (χ0n) is 21.1. The van der Waals surface area contributed by atoms with Crippen molar-refractivity contribution in [3.05, 3.63) is 92.4 Å². The smallest absolute Gasteiger partial charge is 0.254 e. The summed E-state index contributed by atoms with van der Waals surface area (Å²) in [7, 11) is 0. The van der Waals surface area contributed by atoms with Crippen molar-refractivity contribution < 1.29 is 9.18 Å². The van der Waals surface area contributed by atoms with E-state index in [0.29, 0.717) is 62.5 Å². The largest absolute Gasteiger partial charge is 0.340 e. The van der Waals surface area contributed by atoms with E-state index < -0.39 is 0 Å². The van der Waals surface area contributed by atoms with Crippen LogP contribution in [0.3, 0.4) is 0 Å². The van der Waals surface area contributed by atoms with Crippen LogP contribution in [-0.2, 0) is 11.2 Å². The molecule has 0 saturated heterocycles. The lowest BCUT2D eigenvalue weighted by atomic mass is 9.98. The third kappa shape index (κ3) is 3.83. The van der Waals surface area contributed by atoms with E-state index in [9.17, 15) is 9.59 Å². The van der Waals surface area contributed by atoms with Crippen LogP contribution in [0.5, 0.6) is 0 Å². The lowest BCUT2D eigenvalue weighted by Gasteiger charge is -2.19. The van der Waals surface area contributed by atoms with Crippen molar-refractivity contribution in [2.75, 3.05) is 5.32 Å². The Hall–Kier alpha value is -4.35. The number of halogens is 3. The fourth-order valence-corrected chi connectivity index (χ4v) is 6.40. The number of nitrogens with one attached hydrogen (secondary N) is 2. The SMILES string of the molecule is O=C1CCc2c(ccc(-c3cnc(C4C5CC5c5nc(-c6cc(Cl)ccc6-n6cc(Cl)nn6)cc(=O)n54)[nH]3)c2F)N1. The zero-order valence-corrected chi connectivity index (χ0v) is 22.6. The number of H-pyrrole nitrogens is 1. The van der Waals surface area contributed by atoms with Crippen LogP contribution in [0, 0.1) is 11.7 Å². The molecule has 1 saturated carbocycles. The third-order valence-corrected chi connectivity index (χ3v) is 8.47. The van der Waals surface area contributed by atoms with Crippen LogP contribution in [0.15, 0.2) is 53.6 Å². The maximum atomic E-state index is 15.4. The van der Waals surface area contributed by atoms with Gasteiger partial charge in [0.2, 0.25) is 5.91 Å². The van der Waals surface area contributed by atoms with Gasteiger partial charge in [0.15, 0.2) is 5.15 Å². The quantitative estimate of drug-likeness (QED) is 0.307. The van der Waals surface area contributed by atoms with E-state index in [1.807, 2.05) is 0 Å². The van der Waals surface area contributed by atoms with Crippen molar-refractivity contribution >= 4 is 34.8 Å². The van der Waals surface area contributed by atoms with Gasteiger partial charge in [-0.1, -0.05) is 28.4 Å². The summed E-state index contributed by atoms with van der Waals surface area (Å²) >= 11 is 12.3. The lowest BCUT2D eigenvalue weighted by molar-refractivity contribution is -0.116. The number of aromatic nitrogens is 7. The lowest BCUT2D eigenvalue weighted by Crippen LogP contribution is -2.27. The second-order valence-corrected chi connectivity index (χ2v) is 11.3. The molecule has 0 spiro atoms. The van der Waals surface area contributed by atoms with Crippen molar-refractivity contribution in [3.8, 4) is 28.2 Å². The molecule has 2 aromatic carbocycles. The second kappa shape index (κ2) is 8.82. The van der Waals surface area contributed by atoms with E-state index in [0.717, 1.165) is 6.42 Å². The van der Waals surface area contributed by atoms with Crippen LogP contribution in [0.4, 0.5) is 10.1 Å². The summed E-state index contributed by atoms with van der Waals surface area (Å²) in [6.45, 7) is 0. The minimum absolute atomic E-state index is 0.105. The zero-order chi connectivity index (χ0) is 28.0. The Kier molecular flexibility index (Phi) is 5.26. The first-order valence-corrected chi connectivity index (χ1v) is 13.8. The number of hydrogen-bond acceptors (Lipinski definition) is 6. The highest BCUT2D eigenvalue weighted by Crippen LogP contribution is 2.59. The minimum Gasteiger partial charge on any atom is -0.340 e. The van der Waals surface area contributed by atoms with E-state index in [1.54, 1.807) is 47.3 Å². The first-order chi connectivity index (χ1) is 19.9. The van der Waals surface area contributed by atoms with Crippen LogP contribution in [-0.4, -0.2) is 40.4 Å². The number of benzene rings is 2. The van der Waals surface area contributed by atoms with Crippen molar-refractivity contribution in [2.45, 2.75) is 31.2 Å². The highest BCUT2D eigenvalue weighted by atomic mass is 35.5. The summed E-state index contributed by atoms with van der Waals surface area (Å²) < 4.78 is 18.6. The number of nitrogens with zero attached hydrogens (tertiary/aromatic N) is 6. The van der Waals surface area contributed by atoms with Gasteiger partial charge < -0.3 is 10.3 Å². The molecular weight excluding hydrogens is 570 g/mol. The van der Waals surface area contributed by atoms with E-state index in [-0.39, 0.29) is 46.7 Å². The molecule has 1 aliphatic carbocycles. The molecule has 204 valence electrons. The summed E-state index contributed by atoms with van der Waals surface area (Å²) in [4.78, 5) is 38.1. The molecule has 3 unspecified atom stereocenters. The van der Waals surface area contributed by atoms with Gasteiger partial charge in [0.05, 0.1) is 35.5 Å². The number of fused-ring (bicyclic) bond motifs is 4. The number of anilines is 1. The number of aromatic amines is 1. The van der Waals surface area contributed by atoms with Crippen molar-refractivity contribution in [1.29, 1.82) is 0 Å². The highest BCUT2D eigenvalue weighted by Gasteiger charge is 2.55. The maximum absolute atomic E-state index is 15.4. The Morgan fingerprint density at radius 3 is 2.76 bits per heavy atom. The monoisotopic (exact) mass is 588 g/mol. The molecule has 5 heterocycles. The average Bonchev–Trinajstić information content (AvgIpc) is 3.24. The second-order valence-electron chi connectivity index (χ2n) is 10.5. The molecular formula is C28H19Cl2FN8O2. The molecule has 0 radical (unpaired) electrons. The summed E-state index contributed by atoms with van der Waals surface area (Å²) in [6, 6.07) is 9.71. The van der Waals surface area contributed by atoms with Gasteiger partial charge in [-0.2, -0.15) is 0 Å². The molecule has 13 heteroatoms. The highest BCUT2D eigenvalue weighted by molar-refractivity contribution is 6.31. The molecule has 5 aromatic rings. The van der Waals surface area contributed by atoms with E-state index in [1.165, 1.54) is 10.7 Å². The van der Waals surface area contributed by atoms with Gasteiger partial charge in [-0.25, -0.2) is 19.0 Å². The Morgan fingerprint density at radius 1 is 1.05 bits per heavy atom. The topological polar surface area (TPSA) is 123 Å². The van der Waals surface area contributed by atoms with Crippen molar-refractivity contribution in [2.24, 2.45) is 5.92 Å². The number of hydrogen-bond donors (Lipinski definition) is 2. The Labute approximate surface area is 241 Å². The number of amides is 1. The standard InChI is InChI=1S/C28H19Cl2FN8O2/c29-12-1-5-21(38-11-22(30)36-37-38)17(7-12)19-9-24(41)39-26(15-8-16(15)28(39)35-19)27-32-10-20(34-27)14-2-4-18-13(25(14)31)3-6-23(40)33-18/h1-2,4-5,7,9-11,15-16,26H,3,6,8H2,(H,32,34)(H,33,40). The normalized spacial score (nSPS) is 20.4. The van der Waals surface area contributed by atoms with Gasteiger partial charge in [-0.15, -0.1) is 5.10 Å². The average molecular weight is 589 g/mol. The van der Waals surface area contributed by atoms with Crippen LogP contribution in [0.1, 0.15) is 42.0 Å². The van der Waals surface area contributed by atoms with E-state index in [2.05, 4.69) is 25.6 Å². The predicted molar refractivity (Wildman–Crippen MR) is 149 cm³/mol. The van der Waals surface area contributed by atoms with Gasteiger partial charge in [-0.05, 0) is 49.1 Å². The van der Waals surface area contributed by atoms with Crippen LogP contribution in [0.2, 0.25) is 10.2 Å². The van der Waals surface area contributed by atoms with Gasteiger partial charge in [-0.3, -0.25) is 14.2 Å². The first kappa shape index (κ1) is 24.4. The number of carbonyl (C=O) groups excluding carboxylic acids is 1. The molecule has 1 amide bonds. The van der Waals surface area contributed by atoms with Gasteiger partial charge in [0, 0.05) is 45.8 Å². The van der Waals surface area contributed by atoms with Crippen molar-refractivity contribution in [3.63, 3.8) is 0 Å². The van der Waals surface area contributed by atoms with Gasteiger partial charge in [0.1, 0.15) is 17.5 Å². The molecule has 41 heavy (non-hydrogen) atoms. The number of imidazole rings is 1. The van der Waals surface area contributed by atoms with Crippen LogP contribution in [0.25, 0.3) is 28.2 Å². The summed E-state index contributed by atoms with van der Waals surface area (Å²) in [6.07, 6.45) is 4.60. The Morgan fingerprint density at radius 2 is 1.93 bits per heavy atom. The molecule has 3 aliphatic rings. The first-order valence-electron chi connectivity index (χ1n) is 13.0. The minimum atomic E-state index is -0.386. The fourth-order valence-electron chi connectivity index (χ4n) is 6.11. The van der Waals surface area contributed by atoms with Crippen LogP contribution < -0.4 is 10.9 Å². The summed E-state index contributed by atoms with van der Waals surface area (Å²) in [5.74, 6) is 1.01. The molecule has 2 N–H and O–H groups in total. The Balaban J connectivity index is 1.18. The molecule has 3 aromatic heterocycles. The maximum Gasteiger partial charge on any atom is 0.254 e. The summed E-state index contributed by atoms with van der Waals surface area (Å²) in [5, 5.41) is 11.3. The predicted octanol–water partition coefficient (Wildman–Crippen LogP) is 4.92. The van der Waals surface area contributed by atoms with E-state index >= 15 is 4.39 Å². The summed E-state index contributed by atoms with van der Waals surface area (Å²) in [5.41, 5.74) is 3.36. The van der Waals surface area contributed by atoms with Gasteiger partial charge in [0.25, 0.3) is 5.56 Å². The molecule has 10 nitrogen and oxygen atoms in total. The molecule has 2 aliphatic heterocycles. The molecule has 8 rings (SSSR count).